The van der Waals surface area contributed by atoms with E-state index >= 15 is 0 Å². The summed E-state index contributed by atoms with van der Waals surface area (Å²) in [6.07, 6.45) is -2.90. The summed E-state index contributed by atoms with van der Waals surface area (Å²) in [7, 11) is 0. The van der Waals surface area contributed by atoms with Crippen LogP contribution in [0.3, 0.4) is 0 Å². The van der Waals surface area contributed by atoms with Gasteiger partial charge in [-0.15, -0.1) is 6.58 Å². The van der Waals surface area contributed by atoms with Gasteiger partial charge in [-0.25, -0.2) is 4.79 Å². The zero-order chi connectivity index (χ0) is 22.2. The van der Waals surface area contributed by atoms with Crippen molar-refractivity contribution >= 4 is 11.9 Å². The molecule has 1 atom stereocenters. The third kappa shape index (κ3) is 3.93. The van der Waals surface area contributed by atoms with E-state index in [2.05, 4.69) is 11.9 Å². The van der Waals surface area contributed by atoms with E-state index in [1.807, 2.05) is 30.3 Å². The third-order valence-corrected chi connectivity index (χ3v) is 5.40. The number of rotatable bonds is 5. The van der Waals surface area contributed by atoms with Crippen molar-refractivity contribution in [3.63, 3.8) is 0 Å². The molecule has 2 heterocycles. The lowest BCUT2D eigenvalue weighted by Crippen LogP contribution is -2.47. The van der Waals surface area contributed by atoms with E-state index in [1.54, 1.807) is 11.0 Å². The molecule has 160 valence electrons. The standard InChI is InChI=1S/C23H20F3N3O2/c1-2-12-29-18-14-28(13-15-6-4-3-5-7-15)21(30)19(18)20(27-22(29)31)16-8-10-17(11-9-16)23(24,25)26/h2-11,20H,1,12-14H2,(H,27,31). The highest BCUT2D eigenvalue weighted by molar-refractivity contribution is 6.01. The Labute approximate surface area is 177 Å². The van der Waals surface area contributed by atoms with Crippen molar-refractivity contribution in [1.82, 2.24) is 15.1 Å². The van der Waals surface area contributed by atoms with Gasteiger partial charge in [0.1, 0.15) is 0 Å². The van der Waals surface area contributed by atoms with Crippen molar-refractivity contribution in [3.8, 4) is 0 Å². The van der Waals surface area contributed by atoms with Crippen LogP contribution in [0, 0.1) is 0 Å². The quantitative estimate of drug-likeness (QED) is 0.726. The fourth-order valence-electron chi connectivity index (χ4n) is 3.92. The van der Waals surface area contributed by atoms with Gasteiger partial charge in [0, 0.05) is 13.1 Å². The third-order valence-electron chi connectivity index (χ3n) is 5.40. The van der Waals surface area contributed by atoms with Crippen LogP contribution in [-0.2, 0) is 17.5 Å². The van der Waals surface area contributed by atoms with Crippen LogP contribution < -0.4 is 5.32 Å². The second-order valence-corrected chi connectivity index (χ2v) is 7.41. The molecule has 0 radical (unpaired) electrons. The van der Waals surface area contributed by atoms with Crippen LogP contribution in [0.1, 0.15) is 22.7 Å². The molecule has 0 spiro atoms. The maximum atomic E-state index is 13.3. The summed E-state index contributed by atoms with van der Waals surface area (Å²) < 4.78 is 38.8. The minimum atomic E-state index is -4.46. The van der Waals surface area contributed by atoms with Crippen LogP contribution in [0.15, 0.2) is 78.5 Å². The van der Waals surface area contributed by atoms with Crippen LogP contribution in [0.2, 0.25) is 0 Å². The first kappa shape index (κ1) is 20.7. The molecule has 1 N–H and O–H groups in total. The first-order valence-corrected chi connectivity index (χ1v) is 9.72. The van der Waals surface area contributed by atoms with Gasteiger partial charge in [0.2, 0.25) is 0 Å². The highest BCUT2D eigenvalue weighted by atomic mass is 19.4. The van der Waals surface area contributed by atoms with Gasteiger partial charge in [0.05, 0.1) is 29.4 Å². The lowest BCUT2D eigenvalue weighted by molar-refractivity contribution is -0.137. The molecule has 0 saturated heterocycles. The van der Waals surface area contributed by atoms with Gasteiger partial charge in [-0.2, -0.15) is 13.2 Å². The van der Waals surface area contributed by atoms with E-state index in [1.165, 1.54) is 17.0 Å². The Morgan fingerprint density at radius 2 is 1.74 bits per heavy atom. The van der Waals surface area contributed by atoms with Gasteiger partial charge >= 0.3 is 12.2 Å². The molecule has 5 nitrogen and oxygen atoms in total. The molecule has 0 fully saturated rings. The number of hydrogen-bond acceptors (Lipinski definition) is 2. The summed E-state index contributed by atoms with van der Waals surface area (Å²) in [5.41, 5.74) is 1.49. The summed E-state index contributed by atoms with van der Waals surface area (Å²) >= 11 is 0. The van der Waals surface area contributed by atoms with Gasteiger partial charge in [0.15, 0.2) is 0 Å². The van der Waals surface area contributed by atoms with Crippen LogP contribution in [-0.4, -0.2) is 34.8 Å². The molecule has 8 heteroatoms. The van der Waals surface area contributed by atoms with Gasteiger partial charge in [-0.05, 0) is 23.3 Å². The summed E-state index contributed by atoms with van der Waals surface area (Å²) in [4.78, 5) is 29.1. The molecule has 0 aliphatic carbocycles. The number of alkyl halides is 3. The monoisotopic (exact) mass is 427 g/mol. The van der Waals surface area contributed by atoms with E-state index in [0.29, 0.717) is 23.4 Å². The number of hydrogen-bond donors (Lipinski definition) is 1. The fourth-order valence-corrected chi connectivity index (χ4v) is 3.92. The molecule has 1 unspecified atom stereocenters. The zero-order valence-corrected chi connectivity index (χ0v) is 16.5. The van der Waals surface area contributed by atoms with Gasteiger partial charge in [0.25, 0.3) is 5.91 Å². The van der Waals surface area contributed by atoms with Gasteiger partial charge < -0.3 is 10.2 Å². The van der Waals surface area contributed by atoms with Crippen molar-refractivity contribution in [2.45, 2.75) is 18.8 Å². The summed E-state index contributed by atoms with van der Waals surface area (Å²) in [5, 5.41) is 2.76. The second kappa shape index (κ2) is 7.94. The molecular formula is C23H20F3N3O2. The average Bonchev–Trinajstić information content (AvgIpc) is 3.06. The average molecular weight is 427 g/mol. The van der Waals surface area contributed by atoms with E-state index < -0.39 is 23.8 Å². The number of carbonyl (C=O) groups is 2. The van der Waals surface area contributed by atoms with E-state index in [9.17, 15) is 22.8 Å². The van der Waals surface area contributed by atoms with Gasteiger partial charge in [-0.1, -0.05) is 48.5 Å². The first-order valence-electron chi connectivity index (χ1n) is 9.72. The number of amides is 3. The number of urea groups is 1. The van der Waals surface area contributed by atoms with E-state index in [4.69, 9.17) is 0 Å². The lowest BCUT2D eigenvalue weighted by Gasteiger charge is -2.33. The van der Waals surface area contributed by atoms with Crippen LogP contribution in [0.5, 0.6) is 0 Å². The lowest BCUT2D eigenvalue weighted by atomic mass is 9.94. The Balaban J connectivity index is 1.69. The van der Waals surface area contributed by atoms with Gasteiger partial charge in [-0.3, -0.25) is 9.69 Å². The molecule has 2 aliphatic rings. The topological polar surface area (TPSA) is 52.7 Å². The smallest absolute Gasteiger partial charge is 0.329 e. The molecule has 2 aromatic rings. The molecule has 2 aliphatic heterocycles. The van der Waals surface area contributed by atoms with Crippen LogP contribution >= 0.6 is 0 Å². The minimum Gasteiger partial charge on any atom is -0.329 e. The first-order chi connectivity index (χ1) is 14.8. The molecule has 0 bridgehead atoms. The summed E-state index contributed by atoms with van der Waals surface area (Å²) in [6.45, 7) is 4.49. The fraction of sp³-hybridized carbons (Fsp3) is 0.217. The number of halogens is 3. The molecule has 2 aromatic carbocycles. The maximum Gasteiger partial charge on any atom is 0.416 e. The number of nitrogens with one attached hydrogen (secondary N) is 1. The van der Waals surface area contributed by atoms with Crippen LogP contribution in [0.4, 0.5) is 18.0 Å². The Bertz CT molecular complexity index is 1050. The predicted octanol–water partition coefficient (Wildman–Crippen LogP) is 4.25. The zero-order valence-electron chi connectivity index (χ0n) is 16.5. The Morgan fingerprint density at radius 3 is 2.35 bits per heavy atom. The summed E-state index contributed by atoms with van der Waals surface area (Å²) in [6, 6.07) is 12.7. The molecule has 0 aromatic heterocycles. The van der Waals surface area contributed by atoms with Crippen molar-refractivity contribution in [2.75, 3.05) is 13.1 Å². The Hall–Kier alpha value is -3.55. The number of benzene rings is 2. The minimum absolute atomic E-state index is 0.219. The highest BCUT2D eigenvalue weighted by Gasteiger charge is 2.43. The molecular weight excluding hydrogens is 407 g/mol. The SMILES string of the molecule is C=CCN1C(=O)NC(c2ccc(C(F)(F)F)cc2)C2=C1CN(Cc1ccccc1)C2=O. The highest BCUT2D eigenvalue weighted by Crippen LogP contribution is 2.38. The largest absolute Gasteiger partial charge is 0.416 e. The van der Waals surface area contributed by atoms with Crippen molar-refractivity contribution in [2.24, 2.45) is 0 Å². The van der Waals surface area contributed by atoms with E-state index in [-0.39, 0.29) is 19.0 Å². The van der Waals surface area contributed by atoms with Crippen LogP contribution in [0.25, 0.3) is 0 Å². The van der Waals surface area contributed by atoms with E-state index in [0.717, 1.165) is 17.7 Å². The maximum absolute atomic E-state index is 13.3. The Morgan fingerprint density at radius 1 is 1.06 bits per heavy atom. The second-order valence-electron chi connectivity index (χ2n) is 7.41. The van der Waals surface area contributed by atoms with Crippen molar-refractivity contribution < 1.29 is 22.8 Å². The number of nitrogens with zero attached hydrogens (tertiary/aromatic N) is 2. The van der Waals surface area contributed by atoms with Crippen molar-refractivity contribution in [1.29, 1.82) is 0 Å². The van der Waals surface area contributed by atoms with Crippen molar-refractivity contribution in [3.05, 3.63) is 95.2 Å². The molecule has 31 heavy (non-hydrogen) atoms. The number of carbonyl (C=O) groups excluding carboxylic acids is 2. The molecule has 0 saturated carbocycles. The molecule has 3 amide bonds. The summed E-state index contributed by atoms with van der Waals surface area (Å²) in [5.74, 6) is -0.252. The molecule has 4 rings (SSSR count). The normalized spacial score (nSPS) is 18.9. The predicted molar refractivity (Wildman–Crippen MR) is 109 cm³/mol. The Kier molecular flexibility index (Phi) is 5.31.